The summed E-state index contributed by atoms with van der Waals surface area (Å²) in [4.78, 5) is 3.67. The standard InChI is InChI=1S/C8H7ClF3NO2/c9-7-6(2-1-3-13-7)15-5-14-4-8(10,11)12/h1-3H,4-5H2. The number of hydrogen-bond acceptors (Lipinski definition) is 3. The zero-order valence-electron chi connectivity index (χ0n) is 7.42. The zero-order valence-corrected chi connectivity index (χ0v) is 8.18. The lowest BCUT2D eigenvalue weighted by Gasteiger charge is -2.09. The first-order chi connectivity index (χ1) is 6.99. The van der Waals surface area contributed by atoms with E-state index in [0.29, 0.717) is 0 Å². The normalized spacial score (nSPS) is 11.5. The van der Waals surface area contributed by atoms with Gasteiger partial charge in [0.2, 0.25) is 0 Å². The van der Waals surface area contributed by atoms with Gasteiger partial charge in [0.1, 0.15) is 6.61 Å². The number of ether oxygens (including phenoxy) is 2. The number of rotatable bonds is 4. The first-order valence-corrected chi connectivity index (χ1v) is 4.24. The van der Waals surface area contributed by atoms with Crippen molar-refractivity contribution in [3.63, 3.8) is 0 Å². The smallest absolute Gasteiger partial charge is 0.411 e. The quantitative estimate of drug-likeness (QED) is 0.461. The minimum atomic E-state index is -4.36. The van der Waals surface area contributed by atoms with Crippen molar-refractivity contribution in [2.45, 2.75) is 6.18 Å². The maximum atomic E-state index is 11.6. The topological polar surface area (TPSA) is 31.4 Å². The molecule has 0 aliphatic carbocycles. The van der Waals surface area contributed by atoms with Gasteiger partial charge in [0.25, 0.3) is 0 Å². The summed E-state index contributed by atoms with van der Waals surface area (Å²) in [6.45, 7) is -1.88. The van der Waals surface area contributed by atoms with Gasteiger partial charge >= 0.3 is 6.18 Å². The summed E-state index contributed by atoms with van der Waals surface area (Å²) in [6.07, 6.45) is -2.92. The van der Waals surface area contributed by atoms with E-state index in [9.17, 15) is 13.2 Å². The number of alkyl halides is 3. The van der Waals surface area contributed by atoms with Crippen molar-refractivity contribution >= 4 is 11.6 Å². The number of aromatic nitrogens is 1. The van der Waals surface area contributed by atoms with Crippen LogP contribution in [-0.4, -0.2) is 24.6 Å². The van der Waals surface area contributed by atoms with E-state index in [1.165, 1.54) is 12.3 Å². The molecule has 1 rings (SSSR count). The van der Waals surface area contributed by atoms with Crippen molar-refractivity contribution in [3.8, 4) is 5.75 Å². The molecule has 0 saturated heterocycles. The highest BCUT2D eigenvalue weighted by Gasteiger charge is 2.27. The lowest BCUT2D eigenvalue weighted by atomic mass is 10.5. The van der Waals surface area contributed by atoms with E-state index >= 15 is 0 Å². The third-order valence-corrected chi connectivity index (χ3v) is 1.57. The van der Waals surface area contributed by atoms with Gasteiger partial charge in [-0.3, -0.25) is 0 Å². The monoisotopic (exact) mass is 241 g/mol. The molecule has 1 aromatic heterocycles. The van der Waals surface area contributed by atoms with Crippen LogP contribution in [0.4, 0.5) is 13.2 Å². The molecule has 1 heterocycles. The van der Waals surface area contributed by atoms with Gasteiger partial charge in [0, 0.05) is 6.20 Å². The highest BCUT2D eigenvalue weighted by molar-refractivity contribution is 6.30. The minimum Gasteiger partial charge on any atom is -0.464 e. The highest BCUT2D eigenvalue weighted by atomic mass is 35.5. The van der Waals surface area contributed by atoms with Crippen LogP contribution in [0.15, 0.2) is 18.3 Å². The summed E-state index contributed by atoms with van der Waals surface area (Å²) in [5.41, 5.74) is 0. The molecule has 0 bridgehead atoms. The Morgan fingerprint density at radius 1 is 1.40 bits per heavy atom. The van der Waals surface area contributed by atoms with Gasteiger partial charge < -0.3 is 9.47 Å². The average Bonchev–Trinajstić information content (AvgIpc) is 2.13. The van der Waals surface area contributed by atoms with E-state index in [2.05, 4.69) is 9.72 Å². The van der Waals surface area contributed by atoms with Crippen LogP contribution in [-0.2, 0) is 4.74 Å². The van der Waals surface area contributed by atoms with Crippen LogP contribution in [0.25, 0.3) is 0 Å². The maximum absolute atomic E-state index is 11.6. The lowest BCUT2D eigenvalue weighted by molar-refractivity contribution is -0.186. The third-order valence-electron chi connectivity index (χ3n) is 1.29. The summed E-state index contributed by atoms with van der Waals surface area (Å²) in [6, 6.07) is 3.03. The molecule has 0 spiro atoms. The number of hydrogen-bond donors (Lipinski definition) is 0. The molecule has 84 valence electrons. The molecule has 0 fully saturated rings. The zero-order chi connectivity index (χ0) is 11.3. The van der Waals surface area contributed by atoms with Crippen molar-refractivity contribution in [1.29, 1.82) is 0 Å². The van der Waals surface area contributed by atoms with E-state index in [1.807, 2.05) is 0 Å². The van der Waals surface area contributed by atoms with Gasteiger partial charge in [-0.1, -0.05) is 11.6 Å². The third kappa shape index (κ3) is 4.85. The fraction of sp³-hybridized carbons (Fsp3) is 0.375. The fourth-order valence-corrected chi connectivity index (χ4v) is 0.915. The molecule has 0 atom stereocenters. The Morgan fingerprint density at radius 3 is 2.73 bits per heavy atom. The summed E-state index contributed by atoms with van der Waals surface area (Å²) in [7, 11) is 0. The molecule has 0 radical (unpaired) electrons. The van der Waals surface area contributed by atoms with Crippen LogP contribution in [0.2, 0.25) is 5.15 Å². The highest BCUT2D eigenvalue weighted by Crippen LogP contribution is 2.20. The molecular formula is C8H7ClF3NO2. The van der Waals surface area contributed by atoms with E-state index in [4.69, 9.17) is 16.3 Å². The van der Waals surface area contributed by atoms with Crippen molar-refractivity contribution < 1.29 is 22.6 Å². The molecular weight excluding hydrogens is 235 g/mol. The molecule has 3 nitrogen and oxygen atoms in total. The Bertz CT molecular complexity index is 319. The average molecular weight is 242 g/mol. The molecule has 15 heavy (non-hydrogen) atoms. The molecule has 1 aromatic rings. The fourth-order valence-electron chi connectivity index (χ4n) is 0.741. The van der Waals surface area contributed by atoms with E-state index in [1.54, 1.807) is 6.07 Å². The van der Waals surface area contributed by atoms with E-state index in [0.717, 1.165) is 0 Å². The Kier molecular flexibility index (Phi) is 4.16. The minimum absolute atomic E-state index is 0.0770. The molecule has 0 aliphatic heterocycles. The van der Waals surface area contributed by atoms with Crippen molar-refractivity contribution in [2.75, 3.05) is 13.4 Å². The van der Waals surface area contributed by atoms with Crippen molar-refractivity contribution in [3.05, 3.63) is 23.5 Å². The second-order valence-corrected chi connectivity index (χ2v) is 2.88. The van der Waals surface area contributed by atoms with Gasteiger partial charge in [-0.05, 0) is 12.1 Å². The molecule has 7 heteroatoms. The van der Waals surface area contributed by atoms with Crippen LogP contribution in [0, 0.1) is 0 Å². The van der Waals surface area contributed by atoms with Crippen LogP contribution in [0.5, 0.6) is 5.75 Å². The van der Waals surface area contributed by atoms with E-state index < -0.39 is 19.6 Å². The summed E-state index contributed by atoms with van der Waals surface area (Å²) in [5, 5.41) is 0.0770. The summed E-state index contributed by atoms with van der Waals surface area (Å²) in [5.74, 6) is 0.182. The molecule has 0 saturated carbocycles. The van der Waals surface area contributed by atoms with Crippen molar-refractivity contribution in [1.82, 2.24) is 4.98 Å². The number of pyridine rings is 1. The molecule has 0 aromatic carbocycles. The van der Waals surface area contributed by atoms with Gasteiger partial charge in [0.15, 0.2) is 17.7 Å². The van der Waals surface area contributed by atoms with Gasteiger partial charge in [-0.2, -0.15) is 13.2 Å². The van der Waals surface area contributed by atoms with Crippen LogP contribution in [0.3, 0.4) is 0 Å². The van der Waals surface area contributed by atoms with Crippen LogP contribution >= 0.6 is 11.6 Å². The Balaban J connectivity index is 2.30. The Morgan fingerprint density at radius 2 is 2.13 bits per heavy atom. The van der Waals surface area contributed by atoms with Crippen molar-refractivity contribution in [2.24, 2.45) is 0 Å². The van der Waals surface area contributed by atoms with Gasteiger partial charge in [-0.25, -0.2) is 4.98 Å². The molecule has 0 N–H and O–H groups in total. The largest absolute Gasteiger partial charge is 0.464 e. The first-order valence-electron chi connectivity index (χ1n) is 3.87. The Hall–Kier alpha value is -1.01. The maximum Gasteiger partial charge on any atom is 0.411 e. The molecule has 0 amide bonds. The second-order valence-electron chi connectivity index (χ2n) is 2.52. The molecule has 0 unspecified atom stereocenters. The second kappa shape index (κ2) is 5.18. The molecule has 0 aliphatic rings. The summed E-state index contributed by atoms with van der Waals surface area (Å²) >= 11 is 5.58. The number of nitrogens with zero attached hydrogens (tertiary/aromatic N) is 1. The predicted molar refractivity (Wildman–Crippen MR) is 46.7 cm³/mol. The first kappa shape index (κ1) is 12.1. The predicted octanol–water partition coefficient (Wildman–Crippen LogP) is 2.65. The SMILES string of the molecule is FC(F)(F)COCOc1cccnc1Cl. The summed E-state index contributed by atoms with van der Waals surface area (Å²) < 4.78 is 44.0. The van der Waals surface area contributed by atoms with Crippen LogP contribution in [0.1, 0.15) is 0 Å². The van der Waals surface area contributed by atoms with Gasteiger partial charge in [-0.15, -0.1) is 0 Å². The number of halogens is 4. The lowest BCUT2D eigenvalue weighted by Crippen LogP contribution is -2.19. The van der Waals surface area contributed by atoms with Crippen LogP contribution < -0.4 is 4.74 Å². The van der Waals surface area contributed by atoms with E-state index in [-0.39, 0.29) is 10.9 Å². The van der Waals surface area contributed by atoms with Gasteiger partial charge in [0.05, 0.1) is 0 Å². The Labute approximate surface area is 88.8 Å².